The summed E-state index contributed by atoms with van der Waals surface area (Å²) in [5.74, 6) is 1.11. The molecule has 5 nitrogen and oxygen atoms in total. The Labute approximate surface area is 101 Å². The number of aliphatic carboxylic acids is 1. The lowest BCUT2D eigenvalue weighted by molar-refractivity contribution is -0.139. The van der Waals surface area contributed by atoms with Crippen LogP contribution in [-0.4, -0.2) is 29.7 Å². The molecule has 3 N–H and O–H groups in total. The number of nitrogens with one attached hydrogen (secondary N) is 2. The number of amides is 2. The molecular formula is C12H18N2O3. The van der Waals surface area contributed by atoms with Crippen LogP contribution >= 0.6 is 0 Å². The van der Waals surface area contributed by atoms with Crippen molar-refractivity contribution in [2.24, 2.45) is 5.41 Å². The quantitative estimate of drug-likeness (QED) is 0.624. The number of terminal acetylenes is 1. The second-order valence-electron chi connectivity index (χ2n) is 4.79. The van der Waals surface area contributed by atoms with Crippen LogP contribution in [0.15, 0.2) is 0 Å². The van der Waals surface area contributed by atoms with Crippen molar-refractivity contribution in [3.05, 3.63) is 0 Å². The van der Waals surface area contributed by atoms with Crippen molar-refractivity contribution in [2.45, 2.75) is 38.6 Å². The van der Waals surface area contributed by atoms with Crippen LogP contribution in [0, 0.1) is 17.8 Å². The first-order valence-electron chi connectivity index (χ1n) is 5.67. The number of carbonyl (C=O) groups is 2. The average molecular weight is 238 g/mol. The fourth-order valence-electron chi connectivity index (χ4n) is 1.78. The van der Waals surface area contributed by atoms with Crippen LogP contribution in [0.1, 0.15) is 32.6 Å². The maximum Gasteiger partial charge on any atom is 0.327 e. The zero-order valence-electron chi connectivity index (χ0n) is 9.95. The van der Waals surface area contributed by atoms with Gasteiger partial charge in [-0.15, -0.1) is 12.3 Å². The Morgan fingerprint density at radius 3 is 2.59 bits per heavy atom. The number of hydrogen-bond acceptors (Lipinski definition) is 2. The summed E-state index contributed by atoms with van der Waals surface area (Å²) in [6.45, 7) is 2.67. The Kier molecular flexibility index (Phi) is 4.38. The zero-order valence-corrected chi connectivity index (χ0v) is 9.95. The van der Waals surface area contributed by atoms with E-state index < -0.39 is 18.0 Å². The van der Waals surface area contributed by atoms with Crippen molar-refractivity contribution in [3.63, 3.8) is 0 Å². The van der Waals surface area contributed by atoms with Gasteiger partial charge in [-0.05, 0) is 18.3 Å². The van der Waals surface area contributed by atoms with Gasteiger partial charge >= 0.3 is 12.0 Å². The van der Waals surface area contributed by atoms with Crippen molar-refractivity contribution in [1.82, 2.24) is 10.6 Å². The summed E-state index contributed by atoms with van der Waals surface area (Å²) >= 11 is 0. The SMILES string of the molecule is C#CCC(NC(=O)NCC1(C)CCC1)C(=O)O. The van der Waals surface area contributed by atoms with Gasteiger partial charge < -0.3 is 15.7 Å². The van der Waals surface area contributed by atoms with Crippen molar-refractivity contribution >= 4 is 12.0 Å². The first kappa shape index (κ1) is 13.4. The molecule has 0 saturated heterocycles. The predicted molar refractivity (Wildman–Crippen MR) is 63.4 cm³/mol. The molecule has 0 heterocycles. The van der Waals surface area contributed by atoms with Gasteiger partial charge in [0, 0.05) is 13.0 Å². The topological polar surface area (TPSA) is 78.4 Å². The van der Waals surface area contributed by atoms with Crippen LogP contribution in [-0.2, 0) is 4.79 Å². The van der Waals surface area contributed by atoms with E-state index in [0.29, 0.717) is 6.54 Å². The molecule has 94 valence electrons. The Morgan fingerprint density at radius 2 is 2.18 bits per heavy atom. The van der Waals surface area contributed by atoms with E-state index in [2.05, 4.69) is 23.5 Å². The first-order chi connectivity index (χ1) is 7.97. The maximum absolute atomic E-state index is 11.5. The molecule has 0 aliphatic heterocycles. The van der Waals surface area contributed by atoms with Crippen molar-refractivity contribution in [2.75, 3.05) is 6.54 Å². The van der Waals surface area contributed by atoms with Gasteiger partial charge in [-0.3, -0.25) is 0 Å². The molecule has 2 amide bonds. The maximum atomic E-state index is 11.5. The highest BCUT2D eigenvalue weighted by Gasteiger charge is 2.32. The van der Waals surface area contributed by atoms with Crippen LogP contribution in [0.25, 0.3) is 0 Å². The van der Waals surface area contributed by atoms with E-state index in [1.807, 2.05) is 0 Å². The number of rotatable bonds is 5. The first-order valence-corrected chi connectivity index (χ1v) is 5.67. The van der Waals surface area contributed by atoms with Gasteiger partial charge in [-0.2, -0.15) is 0 Å². The Hall–Kier alpha value is -1.70. The third-order valence-corrected chi connectivity index (χ3v) is 3.16. The molecule has 1 fully saturated rings. The van der Waals surface area contributed by atoms with Gasteiger partial charge in [0.2, 0.25) is 0 Å². The molecule has 1 saturated carbocycles. The molecule has 0 aromatic carbocycles. The van der Waals surface area contributed by atoms with Crippen molar-refractivity contribution in [3.8, 4) is 12.3 Å². The second-order valence-corrected chi connectivity index (χ2v) is 4.79. The Balaban J connectivity index is 2.32. The van der Waals surface area contributed by atoms with E-state index in [0.717, 1.165) is 12.8 Å². The van der Waals surface area contributed by atoms with E-state index in [-0.39, 0.29) is 11.8 Å². The summed E-state index contributed by atoms with van der Waals surface area (Å²) in [6, 6.07) is -1.49. The minimum absolute atomic E-state index is 0.0139. The van der Waals surface area contributed by atoms with Gasteiger partial charge in [0.15, 0.2) is 0 Å². The summed E-state index contributed by atoms with van der Waals surface area (Å²) in [5.41, 5.74) is 0.169. The summed E-state index contributed by atoms with van der Waals surface area (Å²) in [5, 5.41) is 13.8. The molecule has 1 rings (SSSR count). The number of carboxylic acid groups (broad SMARTS) is 1. The monoisotopic (exact) mass is 238 g/mol. The lowest BCUT2D eigenvalue weighted by Crippen LogP contribution is -2.49. The van der Waals surface area contributed by atoms with Gasteiger partial charge in [0.25, 0.3) is 0 Å². The molecule has 0 aromatic heterocycles. The van der Waals surface area contributed by atoms with E-state index in [1.54, 1.807) is 0 Å². The number of carboxylic acids is 1. The van der Waals surface area contributed by atoms with E-state index in [9.17, 15) is 9.59 Å². The third kappa shape index (κ3) is 3.99. The molecule has 1 aliphatic carbocycles. The molecule has 0 radical (unpaired) electrons. The van der Waals surface area contributed by atoms with Crippen LogP contribution < -0.4 is 10.6 Å². The van der Waals surface area contributed by atoms with Crippen LogP contribution in [0.5, 0.6) is 0 Å². The minimum atomic E-state index is -1.12. The van der Waals surface area contributed by atoms with E-state index in [1.165, 1.54) is 6.42 Å². The standard InChI is InChI=1S/C12H18N2O3/c1-3-5-9(10(15)16)14-11(17)13-8-12(2)6-4-7-12/h1,9H,4-8H2,2H3,(H,15,16)(H2,13,14,17). The number of carbonyl (C=O) groups excluding carboxylic acids is 1. The highest BCUT2D eigenvalue weighted by Crippen LogP contribution is 2.39. The fourth-order valence-corrected chi connectivity index (χ4v) is 1.78. The van der Waals surface area contributed by atoms with Gasteiger partial charge in [-0.1, -0.05) is 13.3 Å². The zero-order chi connectivity index (χ0) is 12.9. The molecule has 0 spiro atoms. The Bertz CT molecular complexity index is 342. The lowest BCUT2D eigenvalue weighted by atomic mass is 9.70. The van der Waals surface area contributed by atoms with Crippen LogP contribution in [0.2, 0.25) is 0 Å². The van der Waals surface area contributed by atoms with Crippen LogP contribution in [0.4, 0.5) is 4.79 Å². The number of urea groups is 1. The normalized spacial score (nSPS) is 18.4. The molecular weight excluding hydrogens is 220 g/mol. The average Bonchev–Trinajstić information content (AvgIpc) is 2.23. The molecule has 0 bridgehead atoms. The fraction of sp³-hybridized carbons (Fsp3) is 0.667. The molecule has 17 heavy (non-hydrogen) atoms. The van der Waals surface area contributed by atoms with Crippen molar-refractivity contribution in [1.29, 1.82) is 0 Å². The van der Waals surface area contributed by atoms with Gasteiger partial charge in [0.1, 0.15) is 6.04 Å². The number of hydrogen-bond donors (Lipinski definition) is 3. The Morgan fingerprint density at radius 1 is 1.53 bits per heavy atom. The summed E-state index contributed by atoms with van der Waals surface area (Å²) in [4.78, 5) is 22.2. The smallest absolute Gasteiger partial charge is 0.327 e. The van der Waals surface area contributed by atoms with E-state index in [4.69, 9.17) is 11.5 Å². The van der Waals surface area contributed by atoms with E-state index >= 15 is 0 Å². The lowest BCUT2D eigenvalue weighted by Gasteiger charge is -2.38. The molecule has 0 aromatic rings. The predicted octanol–water partition coefficient (Wildman–Crippen LogP) is 0.952. The third-order valence-electron chi connectivity index (χ3n) is 3.16. The largest absolute Gasteiger partial charge is 0.480 e. The molecule has 1 unspecified atom stereocenters. The highest BCUT2D eigenvalue weighted by molar-refractivity contribution is 5.82. The summed E-state index contributed by atoms with van der Waals surface area (Å²) in [6.07, 6.45) is 8.40. The van der Waals surface area contributed by atoms with Crippen LogP contribution in [0.3, 0.4) is 0 Å². The molecule has 1 aliphatic rings. The molecule has 5 heteroatoms. The second kappa shape index (κ2) is 5.58. The summed E-state index contributed by atoms with van der Waals surface area (Å²) in [7, 11) is 0. The van der Waals surface area contributed by atoms with Gasteiger partial charge in [0.05, 0.1) is 0 Å². The highest BCUT2D eigenvalue weighted by atomic mass is 16.4. The minimum Gasteiger partial charge on any atom is -0.480 e. The summed E-state index contributed by atoms with van der Waals surface area (Å²) < 4.78 is 0. The molecule has 1 atom stereocenters. The van der Waals surface area contributed by atoms with Crippen molar-refractivity contribution < 1.29 is 14.7 Å². The van der Waals surface area contributed by atoms with Gasteiger partial charge in [-0.25, -0.2) is 9.59 Å².